The minimum atomic E-state index is -4.69. The Morgan fingerprint density at radius 3 is 2.30 bits per heavy atom. The predicted octanol–water partition coefficient (Wildman–Crippen LogP) is 5.38. The molecule has 106 valence electrons. The second-order valence-corrected chi connectivity index (χ2v) is 4.82. The molecule has 0 aromatic heterocycles. The van der Waals surface area contributed by atoms with Crippen molar-refractivity contribution >= 4 is 0 Å². The van der Waals surface area contributed by atoms with Gasteiger partial charge in [-0.25, -0.2) is 0 Å². The molecule has 0 N–H and O–H groups in total. The first-order valence-electron chi connectivity index (χ1n) is 6.32. The van der Waals surface area contributed by atoms with Crippen LogP contribution in [-0.2, 0) is 0 Å². The van der Waals surface area contributed by atoms with Crippen LogP contribution in [0.5, 0.6) is 5.75 Å². The third-order valence-electron chi connectivity index (χ3n) is 2.98. The van der Waals surface area contributed by atoms with Crippen molar-refractivity contribution in [3.63, 3.8) is 0 Å². The summed E-state index contributed by atoms with van der Waals surface area (Å²) in [5.41, 5.74) is 2.23. The van der Waals surface area contributed by atoms with E-state index in [9.17, 15) is 13.2 Å². The van der Waals surface area contributed by atoms with Gasteiger partial charge in [0.05, 0.1) is 0 Å². The van der Waals surface area contributed by atoms with Crippen LogP contribution in [0.1, 0.15) is 25.3 Å². The summed E-state index contributed by atoms with van der Waals surface area (Å²) in [7, 11) is 0. The molecule has 0 aliphatic carbocycles. The highest BCUT2D eigenvalue weighted by Gasteiger charge is 2.32. The number of ether oxygens (including phenoxy) is 1. The normalized spacial score (nSPS) is 11.7. The molecule has 4 heteroatoms. The Kier molecular flexibility index (Phi) is 4.02. The number of hydrogen-bond acceptors (Lipinski definition) is 1. The molecule has 0 atom stereocenters. The Bertz CT molecular complexity index is 588. The lowest BCUT2D eigenvalue weighted by atomic mass is 9.97. The molecule has 0 bridgehead atoms. The molecule has 0 radical (unpaired) electrons. The van der Waals surface area contributed by atoms with Crippen LogP contribution in [0.2, 0.25) is 0 Å². The third kappa shape index (κ3) is 3.53. The van der Waals surface area contributed by atoms with Gasteiger partial charge in [-0.1, -0.05) is 56.3 Å². The summed E-state index contributed by atoms with van der Waals surface area (Å²) >= 11 is 0. The van der Waals surface area contributed by atoms with Crippen molar-refractivity contribution in [3.8, 4) is 16.9 Å². The van der Waals surface area contributed by atoms with E-state index in [0.717, 1.165) is 11.1 Å². The van der Waals surface area contributed by atoms with Crippen molar-refractivity contribution in [2.24, 2.45) is 0 Å². The van der Waals surface area contributed by atoms with E-state index in [1.54, 1.807) is 18.2 Å². The van der Waals surface area contributed by atoms with Gasteiger partial charge >= 0.3 is 6.36 Å². The molecule has 2 rings (SSSR count). The molecule has 0 saturated carbocycles. The SMILES string of the molecule is CC(C)c1cccc(-c2ccccc2OC(F)(F)F)c1. The number of benzene rings is 2. The van der Waals surface area contributed by atoms with Crippen LogP contribution < -0.4 is 4.74 Å². The zero-order valence-electron chi connectivity index (χ0n) is 11.2. The molecule has 2 aromatic rings. The fourth-order valence-electron chi connectivity index (χ4n) is 1.98. The highest BCUT2D eigenvalue weighted by atomic mass is 19.4. The number of rotatable bonds is 3. The van der Waals surface area contributed by atoms with Gasteiger partial charge in [-0.2, -0.15) is 0 Å². The lowest BCUT2D eigenvalue weighted by Gasteiger charge is -2.14. The molecular formula is C16H15F3O. The highest BCUT2D eigenvalue weighted by Crippen LogP contribution is 2.34. The van der Waals surface area contributed by atoms with Gasteiger partial charge < -0.3 is 4.74 Å². The van der Waals surface area contributed by atoms with Gasteiger partial charge in [0.25, 0.3) is 0 Å². The summed E-state index contributed by atoms with van der Waals surface area (Å²) in [5, 5.41) is 0. The van der Waals surface area contributed by atoms with Crippen LogP contribution in [0.25, 0.3) is 11.1 Å². The zero-order chi connectivity index (χ0) is 14.8. The van der Waals surface area contributed by atoms with Gasteiger partial charge in [0.1, 0.15) is 5.75 Å². The maximum Gasteiger partial charge on any atom is 0.573 e. The van der Waals surface area contributed by atoms with Gasteiger partial charge in [-0.3, -0.25) is 0 Å². The van der Waals surface area contributed by atoms with E-state index in [0.29, 0.717) is 11.5 Å². The first-order valence-corrected chi connectivity index (χ1v) is 6.32. The molecule has 0 saturated heterocycles. The van der Waals surface area contributed by atoms with Crippen molar-refractivity contribution in [2.45, 2.75) is 26.1 Å². The minimum Gasteiger partial charge on any atom is -0.405 e. The van der Waals surface area contributed by atoms with Gasteiger partial charge in [0.15, 0.2) is 0 Å². The van der Waals surface area contributed by atoms with E-state index < -0.39 is 6.36 Å². The fourth-order valence-corrected chi connectivity index (χ4v) is 1.98. The maximum absolute atomic E-state index is 12.4. The molecule has 0 aliphatic rings. The quantitative estimate of drug-likeness (QED) is 0.733. The van der Waals surface area contributed by atoms with Crippen LogP contribution in [0.15, 0.2) is 48.5 Å². The Morgan fingerprint density at radius 1 is 0.950 bits per heavy atom. The van der Waals surface area contributed by atoms with E-state index in [2.05, 4.69) is 4.74 Å². The number of alkyl halides is 3. The monoisotopic (exact) mass is 280 g/mol. The predicted molar refractivity (Wildman–Crippen MR) is 72.7 cm³/mol. The summed E-state index contributed by atoms with van der Waals surface area (Å²) in [6, 6.07) is 13.6. The summed E-state index contributed by atoms with van der Waals surface area (Å²) in [6.07, 6.45) is -4.69. The molecule has 0 fully saturated rings. The van der Waals surface area contributed by atoms with Crippen LogP contribution in [0.4, 0.5) is 13.2 Å². The molecular weight excluding hydrogens is 265 g/mol. The standard InChI is InChI=1S/C16H15F3O/c1-11(2)12-6-5-7-13(10-12)14-8-3-4-9-15(14)20-16(17,18)19/h3-11H,1-2H3. The summed E-state index contributed by atoms with van der Waals surface area (Å²) in [4.78, 5) is 0. The molecule has 0 aliphatic heterocycles. The van der Waals surface area contributed by atoms with E-state index in [-0.39, 0.29) is 5.75 Å². The van der Waals surface area contributed by atoms with Crippen molar-refractivity contribution in [1.29, 1.82) is 0 Å². The molecule has 1 nitrogen and oxygen atoms in total. The smallest absolute Gasteiger partial charge is 0.405 e. The zero-order valence-corrected chi connectivity index (χ0v) is 11.2. The largest absolute Gasteiger partial charge is 0.573 e. The summed E-state index contributed by atoms with van der Waals surface area (Å²) in [5.74, 6) is 0.131. The van der Waals surface area contributed by atoms with Crippen molar-refractivity contribution in [2.75, 3.05) is 0 Å². The third-order valence-corrected chi connectivity index (χ3v) is 2.98. The molecule has 0 heterocycles. The van der Waals surface area contributed by atoms with Gasteiger partial charge in [-0.15, -0.1) is 13.2 Å². The summed E-state index contributed by atoms with van der Waals surface area (Å²) < 4.78 is 41.4. The van der Waals surface area contributed by atoms with E-state index in [1.165, 1.54) is 12.1 Å². The van der Waals surface area contributed by atoms with Crippen molar-refractivity contribution in [1.82, 2.24) is 0 Å². The van der Waals surface area contributed by atoms with Crippen molar-refractivity contribution < 1.29 is 17.9 Å². The minimum absolute atomic E-state index is 0.180. The Hall–Kier alpha value is -1.97. The average Bonchev–Trinajstić information content (AvgIpc) is 2.37. The second kappa shape index (κ2) is 5.57. The molecule has 2 aromatic carbocycles. The highest BCUT2D eigenvalue weighted by molar-refractivity contribution is 5.71. The van der Waals surface area contributed by atoms with Crippen LogP contribution >= 0.6 is 0 Å². The lowest BCUT2D eigenvalue weighted by molar-refractivity contribution is -0.274. The maximum atomic E-state index is 12.4. The molecule has 0 amide bonds. The topological polar surface area (TPSA) is 9.23 Å². The number of para-hydroxylation sites is 1. The Morgan fingerprint density at radius 2 is 1.65 bits per heavy atom. The Balaban J connectivity index is 2.45. The average molecular weight is 280 g/mol. The fraction of sp³-hybridized carbons (Fsp3) is 0.250. The molecule has 20 heavy (non-hydrogen) atoms. The van der Waals surface area contributed by atoms with Crippen LogP contribution in [-0.4, -0.2) is 6.36 Å². The molecule has 0 spiro atoms. The van der Waals surface area contributed by atoms with Crippen LogP contribution in [0, 0.1) is 0 Å². The van der Waals surface area contributed by atoms with E-state index in [4.69, 9.17) is 0 Å². The van der Waals surface area contributed by atoms with Gasteiger partial charge in [0.2, 0.25) is 0 Å². The molecule has 0 unspecified atom stereocenters. The van der Waals surface area contributed by atoms with Gasteiger partial charge in [0, 0.05) is 5.56 Å². The number of hydrogen-bond donors (Lipinski definition) is 0. The second-order valence-electron chi connectivity index (χ2n) is 4.82. The van der Waals surface area contributed by atoms with Crippen molar-refractivity contribution in [3.05, 3.63) is 54.1 Å². The lowest BCUT2D eigenvalue weighted by Crippen LogP contribution is -2.17. The van der Waals surface area contributed by atoms with Crippen LogP contribution in [0.3, 0.4) is 0 Å². The first kappa shape index (κ1) is 14.4. The van der Waals surface area contributed by atoms with E-state index in [1.807, 2.05) is 32.0 Å². The first-order chi connectivity index (χ1) is 9.37. The van der Waals surface area contributed by atoms with E-state index >= 15 is 0 Å². The number of halogens is 3. The Labute approximate surface area is 116 Å². The van der Waals surface area contributed by atoms with Gasteiger partial charge in [-0.05, 0) is 23.1 Å². The summed E-state index contributed by atoms with van der Waals surface area (Å²) in [6.45, 7) is 4.08.